The highest BCUT2D eigenvalue weighted by Gasteiger charge is 2.15. The summed E-state index contributed by atoms with van der Waals surface area (Å²) in [6.07, 6.45) is 6.47. The average Bonchev–Trinajstić information content (AvgIpc) is 2.38. The maximum Gasteiger partial charge on any atom is 0.269 e. The van der Waals surface area contributed by atoms with E-state index in [2.05, 4.69) is 24.1 Å². The minimum absolute atomic E-state index is 0.0945. The molecule has 0 aliphatic heterocycles. The molecule has 0 spiro atoms. The number of rotatable bonds is 6. The minimum atomic E-state index is -0.0945. The summed E-state index contributed by atoms with van der Waals surface area (Å²) in [5, 5.41) is 2.64. The maximum atomic E-state index is 11.7. The lowest BCUT2D eigenvalue weighted by atomic mass is 9.93. The fourth-order valence-corrected chi connectivity index (χ4v) is 1.98. The molecule has 1 unspecified atom stereocenters. The third kappa shape index (κ3) is 3.84. The van der Waals surface area contributed by atoms with Gasteiger partial charge in [0.15, 0.2) is 0 Å². The lowest BCUT2D eigenvalue weighted by Gasteiger charge is -2.14. The van der Waals surface area contributed by atoms with Gasteiger partial charge < -0.3 is 5.32 Å². The zero-order chi connectivity index (χ0) is 12.7. The molecule has 0 aromatic carbocycles. The Kier molecular flexibility index (Phi) is 5.67. The van der Waals surface area contributed by atoms with E-state index in [4.69, 9.17) is 0 Å². The highest BCUT2D eigenvalue weighted by atomic mass is 16.1. The van der Waals surface area contributed by atoms with E-state index in [0.717, 1.165) is 12.0 Å². The van der Waals surface area contributed by atoms with E-state index in [1.807, 2.05) is 12.1 Å². The lowest BCUT2D eigenvalue weighted by molar-refractivity contribution is 0.0956. The first-order valence-corrected chi connectivity index (χ1v) is 6.37. The minimum Gasteiger partial charge on any atom is -0.354 e. The Hall–Kier alpha value is -1.38. The van der Waals surface area contributed by atoms with E-state index in [9.17, 15) is 4.79 Å². The smallest absolute Gasteiger partial charge is 0.269 e. The van der Waals surface area contributed by atoms with Gasteiger partial charge in [0.25, 0.3) is 5.91 Å². The Balaban J connectivity index is 2.78. The molecule has 94 valence electrons. The van der Waals surface area contributed by atoms with Crippen LogP contribution in [-0.4, -0.2) is 17.9 Å². The number of carbonyl (C=O) groups excluding carboxylic acids is 1. The number of hydrogen-bond acceptors (Lipinski definition) is 2. The van der Waals surface area contributed by atoms with Gasteiger partial charge in [-0.25, -0.2) is 0 Å². The van der Waals surface area contributed by atoms with Crippen molar-refractivity contribution >= 4 is 5.91 Å². The summed E-state index contributed by atoms with van der Waals surface area (Å²) in [6.45, 7) is 4.36. The lowest BCUT2D eigenvalue weighted by Crippen LogP contribution is -2.21. The first kappa shape index (κ1) is 13.7. The molecule has 0 bridgehead atoms. The molecule has 0 radical (unpaired) electrons. The van der Waals surface area contributed by atoms with Crippen LogP contribution in [0.5, 0.6) is 0 Å². The molecule has 0 aliphatic rings. The Morgan fingerprint density at radius 3 is 2.88 bits per heavy atom. The number of amides is 1. The number of nitrogens with one attached hydrogen (secondary N) is 1. The zero-order valence-corrected chi connectivity index (χ0v) is 11.0. The number of aromatic nitrogens is 1. The van der Waals surface area contributed by atoms with Crippen molar-refractivity contribution in [2.24, 2.45) is 0 Å². The van der Waals surface area contributed by atoms with Crippen molar-refractivity contribution in [3.8, 4) is 0 Å². The van der Waals surface area contributed by atoms with Crippen LogP contribution in [0.1, 0.15) is 61.5 Å². The molecule has 1 heterocycles. The fourth-order valence-electron chi connectivity index (χ4n) is 1.98. The maximum absolute atomic E-state index is 11.7. The SMILES string of the molecule is CCCCCC(C)c1cccnc1C(=O)NC. The van der Waals surface area contributed by atoms with Crippen LogP contribution < -0.4 is 5.32 Å². The standard InChI is InChI=1S/C14H22N2O/c1-4-5-6-8-11(2)12-9-7-10-16-13(12)14(17)15-3/h7,9-11H,4-6,8H2,1-3H3,(H,15,17). The van der Waals surface area contributed by atoms with Gasteiger partial charge in [0, 0.05) is 13.2 Å². The van der Waals surface area contributed by atoms with E-state index >= 15 is 0 Å². The highest BCUT2D eigenvalue weighted by molar-refractivity contribution is 5.93. The normalized spacial score (nSPS) is 12.2. The number of pyridine rings is 1. The van der Waals surface area contributed by atoms with Gasteiger partial charge in [0.05, 0.1) is 0 Å². The van der Waals surface area contributed by atoms with Crippen LogP contribution in [0.2, 0.25) is 0 Å². The molecule has 0 saturated heterocycles. The molecule has 1 aromatic heterocycles. The molecular formula is C14H22N2O. The zero-order valence-electron chi connectivity index (χ0n) is 11.0. The van der Waals surface area contributed by atoms with E-state index in [0.29, 0.717) is 11.6 Å². The number of unbranched alkanes of at least 4 members (excludes halogenated alkanes) is 2. The number of nitrogens with zero attached hydrogens (tertiary/aromatic N) is 1. The highest BCUT2D eigenvalue weighted by Crippen LogP contribution is 2.23. The average molecular weight is 234 g/mol. The molecule has 0 saturated carbocycles. The van der Waals surface area contributed by atoms with Crippen LogP contribution in [0.4, 0.5) is 0 Å². The second-order valence-electron chi connectivity index (χ2n) is 4.42. The predicted octanol–water partition coefficient (Wildman–Crippen LogP) is 3.13. The Morgan fingerprint density at radius 2 is 2.24 bits per heavy atom. The van der Waals surface area contributed by atoms with E-state index in [-0.39, 0.29) is 5.91 Å². The Bertz CT molecular complexity index is 363. The van der Waals surface area contributed by atoms with Crippen LogP contribution in [-0.2, 0) is 0 Å². The second kappa shape index (κ2) is 7.05. The summed E-state index contributed by atoms with van der Waals surface area (Å²) in [7, 11) is 1.64. The van der Waals surface area contributed by atoms with Crippen LogP contribution in [0.15, 0.2) is 18.3 Å². The molecule has 3 heteroatoms. The Morgan fingerprint density at radius 1 is 1.47 bits per heavy atom. The fraction of sp³-hybridized carbons (Fsp3) is 0.571. The third-order valence-electron chi connectivity index (χ3n) is 3.05. The van der Waals surface area contributed by atoms with Crippen molar-refractivity contribution < 1.29 is 4.79 Å². The molecule has 1 aromatic rings. The van der Waals surface area contributed by atoms with Crippen molar-refractivity contribution in [2.45, 2.75) is 45.4 Å². The van der Waals surface area contributed by atoms with Gasteiger partial charge >= 0.3 is 0 Å². The van der Waals surface area contributed by atoms with Crippen molar-refractivity contribution in [2.75, 3.05) is 7.05 Å². The third-order valence-corrected chi connectivity index (χ3v) is 3.05. The van der Waals surface area contributed by atoms with Crippen molar-refractivity contribution in [3.05, 3.63) is 29.6 Å². The summed E-state index contributed by atoms with van der Waals surface area (Å²) in [6, 6.07) is 3.91. The molecule has 1 rings (SSSR count). The van der Waals surface area contributed by atoms with Gasteiger partial charge in [0.1, 0.15) is 5.69 Å². The predicted molar refractivity (Wildman–Crippen MR) is 70.2 cm³/mol. The molecule has 17 heavy (non-hydrogen) atoms. The Labute approximate surface area is 104 Å². The van der Waals surface area contributed by atoms with Gasteiger partial charge in [-0.2, -0.15) is 0 Å². The van der Waals surface area contributed by atoms with Crippen LogP contribution in [0.3, 0.4) is 0 Å². The number of hydrogen-bond donors (Lipinski definition) is 1. The largest absolute Gasteiger partial charge is 0.354 e. The second-order valence-corrected chi connectivity index (χ2v) is 4.42. The summed E-state index contributed by atoms with van der Waals surface area (Å²) in [5.74, 6) is 0.297. The molecule has 3 nitrogen and oxygen atoms in total. The number of carbonyl (C=O) groups is 1. The quantitative estimate of drug-likeness (QED) is 0.768. The van der Waals surface area contributed by atoms with E-state index in [1.165, 1.54) is 19.3 Å². The summed E-state index contributed by atoms with van der Waals surface area (Å²) >= 11 is 0. The van der Waals surface area contributed by atoms with Crippen LogP contribution in [0, 0.1) is 0 Å². The van der Waals surface area contributed by atoms with Crippen molar-refractivity contribution in [1.29, 1.82) is 0 Å². The van der Waals surface area contributed by atoms with Gasteiger partial charge in [-0.1, -0.05) is 39.2 Å². The first-order valence-electron chi connectivity index (χ1n) is 6.37. The molecular weight excluding hydrogens is 212 g/mol. The summed E-state index contributed by atoms with van der Waals surface area (Å²) in [5.41, 5.74) is 1.63. The van der Waals surface area contributed by atoms with Crippen LogP contribution >= 0.6 is 0 Å². The van der Waals surface area contributed by atoms with Gasteiger partial charge in [0.2, 0.25) is 0 Å². The van der Waals surface area contributed by atoms with Gasteiger partial charge in [-0.05, 0) is 24.0 Å². The monoisotopic (exact) mass is 234 g/mol. The first-order chi connectivity index (χ1) is 8.20. The topological polar surface area (TPSA) is 42.0 Å². The van der Waals surface area contributed by atoms with Gasteiger partial charge in [-0.15, -0.1) is 0 Å². The molecule has 0 aliphatic carbocycles. The summed E-state index contributed by atoms with van der Waals surface area (Å²) < 4.78 is 0. The van der Waals surface area contributed by atoms with Crippen molar-refractivity contribution in [3.63, 3.8) is 0 Å². The molecule has 1 atom stereocenters. The molecule has 0 fully saturated rings. The molecule has 1 amide bonds. The van der Waals surface area contributed by atoms with Gasteiger partial charge in [-0.3, -0.25) is 9.78 Å². The van der Waals surface area contributed by atoms with E-state index in [1.54, 1.807) is 13.2 Å². The summed E-state index contributed by atoms with van der Waals surface area (Å²) in [4.78, 5) is 15.9. The van der Waals surface area contributed by atoms with Crippen molar-refractivity contribution in [1.82, 2.24) is 10.3 Å². The van der Waals surface area contributed by atoms with E-state index < -0.39 is 0 Å². The van der Waals surface area contributed by atoms with Crippen LogP contribution in [0.25, 0.3) is 0 Å². The molecule has 1 N–H and O–H groups in total.